The SMILES string of the molecule is CC(O)NCc1cccnc1. The molecule has 0 aliphatic rings. The third-order valence-corrected chi connectivity index (χ3v) is 1.32. The largest absolute Gasteiger partial charge is 0.379 e. The quantitative estimate of drug-likeness (QED) is 0.620. The van der Waals surface area contributed by atoms with Crippen LogP contribution in [0.2, 0.25) is 0 Å². The summed E-state index contributed by atoms with van der Waals surface area (Å²) in [7, 11) is 0. The zero-order valence-corrected chi connectivity index (χ0v) is 6.49. The average molecular weight is 152 g/mol. The molecule has 3 nitrogen and oxygen atoms in total. The minimum Gasteiger partial charge on any atom is -0.379 e. The van der Waals surface area contributed by atoms with Gasteiger partial charge in [-0.05, 0) is 18.6 Å². The summed E-state index contributed by atoms with van der Waals surface area (Å²) in [6.07, 6.45) is 3.04. The first-order valence-corrected chi connectivity index (χ1v) is 3.59. The van der Waals surface area contributed by atoms with Crippen molar-refractivity contribution in [2.45, 2.75) is 19.7 Å². The summed E-state index contributed by atoms with van der Waals surface area (Å²) in [5.74, 6) is 0. The highest BCUT2D eigenvalue weighted by Crippen LogP contribution is 1.94. The van der Waals surface area contributed by atoms with Gasteiger partial charge in [0.05, 0.1) is 0 Å². The predicted molar refractivity (Wildman–Crippen MR) is 42.8 cm³/mol. The van der Waals surface area contributed by atoms with E-state index in [1.165, 1.54) is 0 Å². The van der Waals surface area contributed by atoms with Gasteiger partial charge >= 0.3 is 0 Å². The van der Waals surface area contributed by atoms with Crippen molar-refractivity contribution in [3.8, 4) is 0 Å². The lowest BCUT2D eigenvalue weighted by molar-refractivity contribution is 0.155. The molecule has 2 N–H and O–H groups in total. The number of aliphatic hydroxyl groups excluding tert-OH is 1. The Hall–Kier alpha value is -0.930. The van der Waals surface area contributed by atoms with E-state index in [1.807, 2.05) is 12.1 Å². The van der Waals surface area contributed by atoms with Gasteiger partial charge in [-0.15, -0.1) is 0 Å². The second-order valence-corrected chi connectivity index (χ2v) is 2.42. The van der Waals surface area contributed by atoms with Gasteiger partial charge < -0.3 is 5.11 Å². The van der Waals surface area contributed by atoms with E-state index in [9.17, 15) is 0 Å². The second kappa shape index (κ2) is 4.05. The van der Waals surface area contributed by atoms with Crippen molar-refractivity contribution in [3.05, 3.63) is 30.1 Å². The monoisotopic (exact) mass is 152 g/mol. The molecule has 1 rings (SSSR count). The predicted octanol–water partition coefficient (Wildman–Crippen LogP) is 0.509. The van der Waals surface area contributed by atoms with Crippen LogP contribution >= 0.6 is 0 Å². The van der Waals surface area contributed by atoms with Gasteiger partial charge in [0, 0.05) is 18.9 Å². The first-order valence-electron chi connectivity index (χ1n) is 3.59. The number of hydrogen-bond donors (Lipinski definition) is 2. The molecule has 0 saturated heterocycles. The summed E-state index contributed by atoms with van der Waals surface area (Å²) < 4.78 is 0. The van der Waals surface area contributed by atoms with Crippen molar-refractivity contribution in [2.24, 2.45) is 0 Å². The molecular formula is C8H12N2O. The standard InChI is InChI=1S/C8H12N2O/c1-7(11)10-6-8-3-2-4-9-5-8/h2-5,7,10-11H,6H2,1H3. The van der Waals surface area contributed by atoms with Gasteiger partial charge in [0.2, 0.25) is 0 Å². The molecule has 1 aromatic heterocycles. The summed E-state index contributed by atoms with van der Waals surface area (Å²) in [5.41, 5.74) is 1.08. The molecule has 0 spiro atoms. The molecule has 0 saturated carbocycles. The number of hydrogen-bond acceptors (Lipinski definition) is 3. The molecule has 0 aromatic carbocycles. The Morgan fingerprint density at radius 2 is 2.55 bits per heavy atom. The summed E-state index contributed by atoms with van der Waals surface area (Å²) in [4.78, 5) is 3.94. The van der Waals surface area contributed by atoms with Crippen molar-refractivity contribution in [3.63, 3.8) is 0 Å². The third-order valence-electron chi connectivity index (χ3n) is 1.32. The van der Waals surface area contributed by atoms with Gasteiger partial charge in [-0.25, -0.2) is 0 Å². The van der Waals surface area contributed by atoms with Crippen LogP contribution in [0.3, 0.4) is 0 Å². The second-order valence-electron chi connectivity index (χ2n) is 2.42. The Morgan fingerprint density at radius 1 is 1.73 bits per heavy atom. The molecule has 1 unspecified atom stereocenters. The van der Waals surface area contributed by atoms with Crippen molar-refractivity contribution < 1.29 is 5.11 Å². The van der Waals surface area contributed by atoms with Crippen molar-refractivity contribution in [2.75, 3.05) is 0 Å². The number of rotatable bonds is 3. The number of aliphatic hydroxyl groups is 1. The molecule has 1 aromatic rings. The Balaban J connectivity index is 2.39. The lowest BCUT2D eigenvalue weighted by atomic mass is 10.3. The van der Waals surface area contributed by atoms with Crippen molar-refractivity contribution >= 4 is 0 Å². The zero-order chi connectivity index (χ0) is 8.10. The van der Waals surface area contributed by atoms with Gasteiger partial charge in [-0.3, -0.25) is 10.3 Å². The Kier molecular flexibility index (Phi) is 3.01. The average Bonchev–Trinajstić information content (AvgIpc) is 2.03. The maximum atomic E-state index is 8.88. The van der Waals surface area contributed by atoms with Crippen LogP contribution in [0.5, 0.6) is 0 Å². The molecule has 60 valence electrons. The molecule has 0 radical (unpaired) electrons. The maximum Gasteiger partial charge on any atom is 0.102 e. The Morgan fingerprint density at radius 3 is 3.09 bits per heavy atom. The van der Waals surface area contributed by atoms with Gasteiger partial charge in [0.25, 0.3) is 0 Å². The highest BCUT2D eigenvalue weighted by molar-refractivity contribution is 5.07. The lowest BCUT2D eigenvalue weighted by Crippen LogP contribution is -2.24. The van der Waals surface area contributed by atoms with E-state index < -0.39 is 6.23 Å². The Bertz CT molecular complexity index is 199. The van der Waals surface area contributed by atoms with Crippen molar-refractivity contribution in [1.82, 2.24) is 10.3 Å². The summed E-state index contributed by atoms with van der Waals surface area (Å²) in [5, 5.41) is 11.8. The number of aromatic nitrogens is 1. The summed E-state index contributed by atoms with van der Waals surface area (Å²) in [6.45, 7) is 2.35. The van der Waals surface area contributed by atoms with E-state index in [0.717, 1.165) is 5.56 Å². The lowest BCUT2D eigenvalue weighted by Gasteiger charge is -2.05. The minimum atomic E-state index is -0.463. The molecule has 1 heterocycles. The fraction of sp³-hybridized carbons (Fsp3) is 0.375. The first-order chi connectivity index (χ1) is 5.29. The minimum absolute atomic E-state index is 0.463. The molecule has 0 bridgehead atoms. The van der Waals surface area contributed by atoms with Crippen LogP contribution in [0, 0.1) is 0 Å². The molecule has 0 aliphatic heterocycles. The van der Waals surface area contributed by atoms with Gasteiger partial charge in [-0.1, -0.05) is 6.07 Å². The summed E-state index contributed by atoms with van der Waals surface area (Å²) >= 11 is 0. The molecule has 3 heteroatoms. The highest BCUT2D eigenvalue weighted by Gasteiger charge is 1.93. The van der Waals surface area contributed by atoms with Crippen LogP contribution in [0.15, 0.2) is 24.5 Å². The number of nitrogens with one attached hydrogen (secondary N) is 1. The number of pyridine rings is 1. The Labute approximate surface area is 66.1 Å². The topological polar surface area (TPSA) is 45.1 Å². The molecular weight excluding hydrogens is 140 g/mol. The zero-order valence-electron chi connectivity index (χ0n) is 6.49. The summed E-state index contributed by atoms with van der Waals surface area (Å²) in [6, 6.07) is 3.83. The van der Waals surface area contributed by atoms with E-state index in [-0.39, 0.29) is 0 Å². The number of nitrogens with zero attached hydrogens (tertiary/aromatic N) is 1. The van der Waals surface area contributed by atoms with E-state index in [0.29, 0.717) is 6.54 Å². The smallest absolute Gasteiger partial charge is 0.102 e. The maximum absolute atomic E-state index is 8.88. The van der Waals surface area contributed by atoms with E-state index in [1.54, 1.807) is 19.3 Å². The van der Waals surface area contributed by atoms with Crippen LogP contribution in [-0.4, -0.2) is 16.3 Å². The van der Waals surface area contributed by atoms with E-state index in [4.69, 9.17) is 5.11 Å². The third kappa shape index (κ3) is 3.11. The molecule has 11 heavy (non-hydrogen) atoms. The molecule has 1 atom stereocenters. The first kappa shape index (κ1) is 8.17. The van der Waals surface area contributed by atoms with Gasteiger partial charge in [-0.2, -0.15) is 0 Å². The molecule has 0 aliphatic carbocycles. The van der Waals surface area contributed by atoms with Crippen LogP contribution in [0.1, 0.15) is 12.5 Å². The van der Waals surface area contributed by atoms with Crippen LogP contribution < -0.4 is 5.32 Å². The van der Waals surface area contributed by atoms with Crippen LogP contribution in [0.4, 0.5) is 0 Å². The normalized spacial score (nSPS) is 12.9. The van der Waals surface area contributed by atoms with E-state index >= 15 is 0 Å². The van der Waals surface area contributed by atoms with Crippen LogP contribution in [-0.2, 0) is 6.54 Å². The van der Waals surface area contributed by atoms with Gasteiger partial charge in [0.15, 0.2) is 0 Å². The van der Waals surface area contributed by atoms with E-state index in [2.05, 4.69) is 10.3 Å². The van der Waals surface area contributed by atoms with Crippen LogP contribution in [0.25, 0.3) is 0 Å². The fourth-order valence-corrected chi connectivity index (χ4v) is 0.768. The highest BCUT2D eigenvalue weighted by atomic mass is 16.3. The molecule has 0 amide bonds. The molecule has 0 fully saturated rings. The van der Waals surface area contributed by atoms with Crippen molar-refractivity contribution in [1.29, 1.82) is 0 Å². The van der Waals surface area contributed by atoms with Gasteiger partial charge in [0.1, 0.15) is 6.23 Å². The fourth-order valence-electron chi connectivity index (χ4n) is 0.768.